The fraction of sp³-hybridized carbons (Fsp3) is 0.250. The van der Waals surface area contributed by atoms with Crippen molar-refractivity contribution in [2.75, 3.05) is 0 Å². The summed E-state index contributed by atoms with van der Waals surface area (Å²) in [6.07, 6.45) is -1.48. The highest BCUT2D eigenvalue weighted by atomic mass is 16.4. The lowest BCUT2D eigenvalue weighted by Crippen LogP contribution is -2.36. The Morgan fingerprint density at radius 3 is 2.00 bits per heavy atom. The normalized spacial score (nSPS) is 28.1. The van der Waals surface area contributed by atoms with Crippen LogP contribution in [0, 0.1) is 0 Å². The molecule has 4 heteroatoms. The molecular formula is C4H4O4. The van der Waals surface area contributed by atoms with Crippen LogP contribution >= 0.6 is 0 Å². The summed E-state index contributed by atoms with van der Waals surface area (Å²) in [5.74, 6) is -2.17. The van der Waals surface area contributed by atoms with E-state index in [0.29, 0.717) is 0 Å². The fourth-order valence-electron chi connectivity index (χ4n) is 0.432. The number of carbonyl (C=O) groups is 1. The van der Waals surface area contributed by atoms with Crippen LogP contribution < -0.4 is 0 Å². The minimum Gasteiger partial charge on any atom is -0.506 e. The minimum atomic E-state index is -1.48. The first-order valence-corrected chi connectivity index (χ1v) is 1.99. The molecule has 0 saturated heterocycles. The van der Waals surface area contributed by atoms with Crippen molar-refractivity contribution in [2.24, 2.45) is 0 Å². The topological polar surface area (TPSA) is 77.8 Å². The van der Waals surface area contributed by atoms with Crippen LogP contribution in [0.1, 0.15) is 0 Å². The molecule has 0 aromatic heterocycles. The van der Waals surface area contributed by atoms with Gasteiger partial charge in [0.2, 0.25) is 11.5 Å². The third kappa shape index (κ3) is 0.350. The highest BCUT2D eigenvalue weighted by Crippen LogP contribution is 2.18. The molecule has 0 amide bonds. The second kappa shape index (κ2) is 1.23. The summed E-state index contributed by atoms with van der Waals surface area (Å²) in [6, 6.07) is 0. The van der Waals surface area contributed by atoms with Crippen LogP contribution in [0.25, 0.3) is 0 Å². The van der Waals surface area contributed by atoms with Gasteiger partial charge in [-0.1, -0.05) is 0 Å². The van der Waals surface area contributed by atoms with Crippen LogP contribution in [0.5, 0.6) is 0 Å². The molecule has 0 spiro atoms. The lowest BCUT2D eigenvalue weighted by Gasteiger charge is -2.17. The van der Waals surface area contributed by atoms with Crippen LogP contribution in [0.2, 0.25) is 0 Å². The number of hydrogen-bond acceptors (Lipinski definition) is 4. The molecule has 1 unspecified atom stereocenters. The Hall–Kier alpha value is -1.03. The maximum atomic E-state index is 10.1. The predicted molar refractivity (Wildman–Crippen MR) is 23.3 cm³/mol. The standard InChI is InChI=1S/C4H4O4/c5-1-2(6)4(8)3(1)7/h1,5-6,8H. The van der Waals surface area contributed by atoms with Crippen molar-refractivity contribution < 1.29 is 20.1 Å². The Balaban J connectivity index is 2.90. The highest BCUT2D eigenvalue weighted by Gasteiger charge is 2.38. The number of carbonyl (C=O) groups excluding carboxylic acids is 1. The van der Waals surface area contributed by atoms with E-state index in [1.54, 1.807) is 0 Å². The van der Waals surface area contributed by atoms with E-state index in [-0.39, 0.29) is 0 Å². The van der Waals surface area contributed by atoms with Gasteiger partial charge in [0, 0.05) is 0 Å². The predicted octanol–water partition coefficient (Wildman–Crippen LogP) is -0.742. The highest BCUT2D eigenvalue weighted by molar-refractivity contribution is 6.05. The van der Waals surface area contributed by atoms with Crippen molar-refractivity contribution in [3.8, 4) is 0 Å². The molecule has 0 fully saturated rings. The molecule has 4 nitrogen and oxygen atoms in total. The summed E-state index contributed by atoms with van der Waals surface area (Å²) in [4.78, 5) is 10.1. The zero-order valence-electron chi connectivity index (χ0n) is 3.83. The zero-order chi connectivity index (χ0) is 6.31. The van der Waals surface area contributed by atoms with Crippen molar-refractivity contribution >= 4 is 5.78 Å². The number of hydrogen-bond donors (Lipinski definition) is 3. The Bertz CT molecular complexity index is 169. The molecule has 44 valence electrons. The van der Waals surface area contributed by atoms with Gasteiger partial charge < -0.3 is 15.3 Å². The average molecular weight is 116 g/mol. The van der Waals surface area contributed by atoms with Crippen LogP contribution in [0.15, 0.2) is 11.5 Å². The largest absolute Gasteiger partial charge is 0.506 e. The van der Waals surface area contributed by atoms with Gasteiger partial charge in [-0.3, -0.25) is 4.79 Å². The summed E-state index contributed by atoms with van der Waals surface area (Å²) in [5, 5.41) is 24.9. The molecule has 0 aromatic rings. The molecule has 0 heterocycles. The van der Waals surface area contributed by atoms with E-state index >= 15 is 0 Å². The third-order valence-electron chi connectivity index (χ3n) is 0.983. The van der Waals surface area contributed by atoms with E-state index in [2.05, 4.69) is 0 Å². The molecule has 0 saturated carbocycles. The Kier molecular flexibility index (Phi) is 0.783. The van der Waals surface area contributed by atoms with Gasteiger partial charge in [0.05, 0.1) is 0 Å². The van der Waals surface area contributed by atoms with E-state index in [0.717, 1.165) is 0 Å². The first-order chi connectivity index (χ1) is 3.64. The fourth-order valence-corrected chi connectivity index (χ4v) is 0.432. The second-order valence-corrected chi connectivity index (χ2v) is 1.50. The molecule has 0 bridgehead atoms. The first kappa shape index (κ1) is 5.11. The summed E-state index contributed by atoms with van der Waals surface area (Å²) in [6.45, 7) is 0. The smallest absolute Gasteiger partial charge is 0.237 e. The van der Waals surface area contributed by atoms with Crippen LogP contribution in [0.4, 0.5) is 0 Å². The number of rotatable bonds is 0. The lowest BCUT2D eigenvalue weighted by molar-refractivity contribution is -0.130. The molecular weight excluding hydrogens is 112 g/mol. The summed E-state index contributed by atoms with van der Waals surface area (Å²) < 4.78 is 0. The third-order valence-corrected chi connectivity index (χ3v) is 0.983. The first-order valence-electron chi connectivity index (χ1n) is 1.99. The second-order valence-electron chi connectivity index (χ2n) is 1.50. The summed E-state index contributed by atoms with van der Waals surface area (Å²) >= 11 is 0. The van der Waals surface area contributed by atoms with Crippen molar-refractivity contribution in [2.45, 2.75) is 6.10 Å². The number of ketones is 1. The van der Waals surface area contributed by atoms with E-state index in [9.17, 15) is 4.79 Å². The van der Waals surface area contributed by atoms with Gasteiger partial charge in [-0.2, -0.15) is 0 Å². The monoisotopic (exact) mass is 116 g/mol. The summed E-state index contributed by atoms with van der Waals surface area (Å²) in [5.41, 5.74) is 0. The van der Waals surface area contributed by atoms with Gasteiger partial charge in [-0.05, 0) is 0 Å². The molecule has 1 aliphatic rings. The Labute approximate surface area is 44.7 Å². The van der Waals surface area contributed by atoms with Crippen molar-refractivity contribution in [1.82, 2.24) is 0 Å². The molecule has 3 N–H and O–H groups in total. The quantitative estimate of drug-likeness (QED) is 0.389. The molecule has 1 aliphatic carbocycles. The van der Waals surface area contributed by atoms with Gasteiger partial charge in [-0.15, -0.1) is 0 Å². The molecule has 0 aliphatic heterocycles. The minimum absolute atomic E-state index is 0.630. The zero-order valence-corrected chi connectivity index (χ0v) is 3.83. The Morgan fingerprint density at radius 1 is 1.38 bits per heavy atom. The van der Waals surface area contributed by atoms with Crippen LogP contribution in [0.3, 0.4) is 0 Å². The van der Waals surface area contributed by atoms with Gasteiger partial charge in [0.15, 0.2) is 11.9 Å². The average Bonchev–Trinajstić information content (AvgIpc) is 1.83. The van der Waals surface area contributed by atoms with Crippen molar-refractivity contribution in [1.29, 1.82) is 0 Å². The summed E-state index contributed by atoms with van der Waals surface area (Å²) in [7, 11) is 0. The Morgan fingerprint density at radius 2 is 1.88 bits per heavy atom. The van der Waals surface area contributed by atoms with E-state index in [4.69, 9.17) is 15.3 Å². The number of Topliss-reactive ketones (excluding diaryl/α,β-unsaturated/α-hetero) is 1. The molecule has 0 aromatic carbocycles. The van der Waals surface area contributed by atoms with Gasteiger partial charge in [-0.25, -0.2) is 0 Å². The molecule has 1 atom stereocenters. The van der Waals surface area contributed by atoms with Crippen molar-refractivity contribution in [3.05, 3.63) is 11.5 Å². The van der Waals surface area contributed by atoms with Crippen molar-refractivity contribution in [3.63, 3.8) is 0 Å². The maximum absolute atomic E-state index is 10.1. The van der Waals surface area contributed by atoms with Gasteiger partial charge in [0.1, 0.15) is 0 Å². The number of aliphatic hydroxyl groups is 3. The van der Waals surface area contributed by atoms with Gasteiger partial charge in [0.25, 0.3) is 0 Å². The molecule has 0 radical (unpaired) electrons. The SMILES string of the molecule is O=C1C(O)=C(O)C1O. The molecule has 1 rings (SSSR count). The van der Waals surface area contributed by atoms with Crippen LogP contribution in [-0.2, 0) is 4.79 Å². The van der Waals surface area contributed by atoms with Gasteiger partial charge >= 0.3 is 0 Å². The van der Waals surface area contributed by atoms with E-state index in [1.165, 1.54) is 0 Å². The van der Waals surface area contributed by atoms with Crippen LogP contribution in [-0.4, -0.2) is 27.2 Å². The van der Waals surface area contributed by atoms with E-state index in [1.807, 2.05) is 0 Å². The lowest BCUT2D eigenvalue weighted by atomic mass is 10.0. The number of aliphatic hydroxyl groups excluding tert-OH is 3. The van der Waals surface area contributed by atoms with E-state index < -0.39 is 23.4 Å². The molecule has 8 heavy (non-hydrogen) atoms. The maximum Gasteiger partial charge on any atom is 0.237 e.